The highest BCUT2D eigenvalue weighted by Crippen LogP contribution is 2.25. The van der Waals surface area contributed by atoms with E-state index >= 15 is 0 Å². The van der Waals surface area contributed by atoms with Crippen molar-refractivity contribution in [1.82, 2.24) is 14.9 Å². The van der Waals surface area contributed by atoms with E-state index in [1.54, 1.807) is 11.5 Å². The normalized spacial score (nSPS) is 12.5. The fourth-order valence-corrected chi connectivity index (χ4v) is 3.31. The fourth-order valence-electron chi connectivity index (χ4n) is 2.54. The topological polar surface area (TPSA) is 37.8 Å². The van der Waals surface area contributed by atoms with Crippen LogP contribution in [-0.4, -0.2) is 16.1 Å². The van der Waals surface area contributed by atoms with E-state index in [1.807, 2.05) is 0 Å². The molecule has 0 fully saturated rings. The molecule has 0 bridgehead atoms. The molecular formula is C17H25N3S. The highest BCUT2D eigenvalue weighted by Gasteiger charge is 2.19. The van der Waals surface area contributed by atoms with Gasteiger partial charge in [0.25, 0.3) is 0 Å². The van der Waals surface area contributed by atoms with Gasteiger partial charge in [0, 0.05) is 6.04 Å². The summed E-state index contributed by atoms with van der Waals surface area (Å²) in [6, 6.07) is 9.10. The lowest BCUT2D eigenvalue weighted by molar-refractivity contribution is 0.531. The van der Waals surface area contributed by atoms with E-state index in [0.717, 1.165) is 32.2 Å². The molecule has 0 aliphatic carbocycles. The highest BCUT2D eigenvalue weighted by atomic mass is 32.1. The van der Waals surface area contributed by atoms with Crippen molar-refractivity contribution in [2.75, 3.05) is 6.54 Å². The predicted octanol–water partition coefficient (Wildman–Crippen LogP) is 4.08. The number of hydrogen-bond donors (Lipinski definition) is 1. The van der Waals surface area contributed by atoms with E-state index in [-0.39, 0.29) is 0 Å². The van der Waals surface area contributed by atoms with E-state index in [4.69, 9.17) is 0 Å². The van der Waals surface area contributed by atoms with Crippen molar-refractivity contribution < 1.29 is 0 Å². The zero-order valence-corrected chi connectivity index (χ0v) is 14.0. The average Bonchev–Trinajstić information content (AvgIpc) is 2.92. The molecule has 0 spiro atoms. The van der Waals surface area contributed by atoms with Gasteiger partial charge in [-0.2, -0.15) is 0 Å². The molecule has 2 aromatic rings. The summed E-state index contributed by atoms with van der Waals surface area (Å²) in [6.45, 7) is 7.57. The minimum Gasteiger partial charge on any atom is -0.309 e. The Labute approximate surface area is 132 Å². The second-order valence-electron chi connectivity index (χ2n) is 5.53. The SMILES string of the molecule is CCCNC(Cc1cccc(C)c1)c1snnc1CCC. The smallest absolute Gasteiger partial charge is 0.0803 e. The van der Waals surface area contributed by atoms with Gasteiger partial charge in [0.2, 0.25) is 0 Å². The van der Waals surface area contributed by atoms with Gasteiger partial charge >= 0.3 is 0 Å². The van der Waals surface area contributed by atoms with E-state index < -0.39 is 0 Å². The molecule has 0 saturated carbocycles. The Morgan fingerprint density at radius 1 is 1.24 bits per heavy atom. The zero-order valence-electron chi connectivity index (χ0n) is 13.2. The molecule has 2 rings (SSSR count). The van der Waals surface area contributed by atoms with Gasteiger partial charge in [-0.05, 0) is 49.8 Å². The van der Waals surface area contributed by atoms with Crippen LogP contribution in [0.4, 0.5) is 0 Å². The molecule has 3 nitrogen and oxygen atoms in total. The summed E-state index contributed by atoms with van der Waals surface area (Å²) in [5, 5.41) is 7.99. The Bertz CT molecular complexity index is 550. The molecule has 21 heavy (non-hydrogen) atoms. The summed E-state index contributed by atoms with van der Waals surface area (Å²) >= 11 is 1.55. The molecule has 4 heteroatoms. The summed E-state index contributed by atoms with van der Waals surface area (Å²) in [4.78, 5) is 1.31. The van der Waals surface area contributed by atoms with E-state index in [0.29, 0.717) is 6.04 Å². The molecule has 0 amide bonds. The molecule has 1 aromatic carbocycles. The van der Waals surface area contributed by atoms with Gasteiger partial charge < -0.3 is 5.32 Å². The third-order valence-corrected chi connectivity index (χ3v) is 4.43. The number of nitrogens with one attached hydrogen (secondary N) is 1. The summed E-state index contributed by atoms with van der Waals surface area (Å²) in [6.07, 6.45) is 4.27. The maximum atomic E-state index is 4.32. The van der Waals surface area contributed by atoms with Gasteiger partial charge in [-0.15, -0.1) is 5.10 Å². The standard InChI is InChI=1S/C17H25N3S/c1-4-7-15-17(21-20-19-15)16(18-10-5-2)12-14-9-6-8-13(3)11-14/h6,8-9,11,16,18H,4-5,7,10,12H2,1-3H3. The number of nitrogens with zero attached hydrogens (tertiary/aromatic N) is 2. The monoisotopic (exact) mass is 303 g/mol. The van der Waals surface area contributed by atoms with Crippen molar-refractivity contribution in [3.63, 3.8) is 0 Å². The Morgan fingerprint density at radius 2 is 2.10 bits per heavy atom. The third kappa shape index (κ3) is 4.61. The van der Waals surface area contributed by atoms with Crippen LogP contribution in [0.1, 0.15) is 54.4 Å². The average molecular weight is 303 g/mol. The molecule has 1 unspecified atom stereocenters. The van der Waals surface area contributed by atoms with Crippen LogP contribution < -0.4 is 5.32 Å². The Kier molecular flexibility index (Phi) is 6.33. The maximum absolute atomic E-state index is 4.32. The Hall–Kier alpha value is -1.26. The summed E-state index contributed by atoms with van der Waals surface area (Å²) in [5.74, 6) is 0. The second kappa shape index (κ2) is 8.25. The van der Waals surface area contributed by atoms with Crippen molar-refractivity contribution in [2.24, 2.45) is 0 Å². The Balaban J connectivity index is 2.19. The van der Waals surface area contributed by atoms with Crippen LogP contribution in [-0.2, 0) is 12.8 Å². The fraction of sp³-hybridized carbons (Fsp3) is 0.529. The largest absolute Gasteiger partial charge is 0.309 e. The van der Waals surface area contributed by atoms with Crippen molar-refractivity contribution in [1.29, 1.82) is 0 Å². The van der Waals surface area contributed by atoms with Crippen LogP contribution in [0.3, 0.4) is 0 Å². The lowest BCUT2D eigenvalue weighted by atomic mass is 10.0. The summed E-state index contributed by atoms with van der Waals surface area (Å²) in [7, 11) is 0. The molecule has 1 aromatic heterocycles. The summed E-state index contributed by atoms with van der Waals surface area (Å²) < 4.78 is 4.18. The first-order valence-corrected chi connectivity index (χ1v) is 8.62. The van der Waals surface area contributed by atoms with Crippen molar-refractivity contribution in [3.8, 4) is 0 Å². The number of aryl methyl sites for hydroxylation is 2. The molecule has 1 heterocycles. The van der Waals surface area contributed by atoms with E-state index in [9.17, 15) is 0 Å². The van der Waals surface area contributed by atoms with Gasteiger partial charge in [0.05, 0.1) is 10.6 Å². The zero-order chi connectivity index (χ0) is 15.1. The first-order chi connectivity index (χ1) is 10.2. The molecule has 0 saturated heterocycles. The minimum atomic E-state index is 0.327. The van der Waals surface area contributed by atoms with Gasteiger partial charge in [0.15, 0.2) is 0 Å². The Morgan fingerprint density at radius 3 is 2.81 bits per heavy atom. The molecule has 1 N–H and O–H groups in total. The van der Waals surface area contributed by atoms with Crippen LogP contribution in [0, 0.1) is 6.92 Å². The van der Waals surface area contributed by atoms with Gasteiger partial charge in [0.1, 0.15) is 0 Å². The number of aromatic nitrogens is 2. The molecule has 0 radical (unpaired) electrons. The second-order valence-corrected chi connectivity index (χ2v) is 6.32. The van der Waals surface area contributed by atoms with Crippen LogP contribution in [0.15, 0.2) is 24.3 Å². The highest BCUT2D eigenvalue weighted by molar-refractivity contribution is 7.05. The molecule has 1 atom stereocenters. The number of hydrogen-bond acceptors (Lipinski definition) is 4. The minimum absolute atomic E-state index is 0.327. The van der Waals surface area contributed by atoms with Gasteiger partial charge in [-0.25, -0.2) is 0 Å². The van der Waals surface area contributed by atoms with Crippen molar-refractivity contribution in [2.45, 2.75) is 52.5 Å². The van der Waals surface area contributed by atoms with E-state index in [1.165, 1.54) is 21.7 Å². The lowest BCUT2D eigenvalue weighted by Gasteiger charge is -2.18. The van der Waals surface area contributed by atoms with Crippen LogP contribution >= 0.6 is 11.5 Å². The maximum Gasteiger partial charge on any atom is 0.0803 e. The number of rotatable bonds is 8. The predicted molar refractivity (Wildman–Crippen MR) is 89.8 cm³/mol. The van der Waals surface area contributed by atoms with Crippen molar-refractivity contribution in [3.05, 3.63) is 46.0 Å². The molecular weight excluding hydrogens is 278 g/mol. The molecule has 0 aliphatic rings. The quantitative estimate of drug-likeness (QED) is 0.798. The number of benzene rings is 1. The summed E-state index contributed by atoms with van der Waals surface area (Å²) in [5.41, 5.74) is 3.86. The van der Waals surface area contributed by atoms with Crippen LogP contribution in [0.25, 0.3) is 0 Å². The lowest BCUT2D eigenvalue weighted by Crippen LogP contribution is -2.24. The van der Waals surface area contributed by atoms with Crippen LogP contribution in [0.2, 0.25) is 0 Å². The first-order valence-electron chi connectivity index (χ1n) is 7.84. The van der Waals surface area contributed by atoms with Crippen molar-refractivity contribution >= 4 is 11.5 Å². The van der Waals surface area contributed by atoms with Gasteiger partial charge in [-0.1, -0.05) is 54.6 Å². The van der Waals surface area contributed by atoms with Gasteiger partial charge in [-0.3, -0.25) is 0 Å². The molecule has 114 valence electrons. The van der Waals surface area contributed by atoms with E-state index in [2.05, 4.69) is 59.9 Å². The first kappa shape index (κ1) is 16.1. The van der Waals surface area contributed by atoms with Crippen LogP contribution in [0.5, 0.6) is 0 Å². The molecule has 0 aliphatic heterocycles. The third-order valence-electron chi connectivity index (χ3n) is 3.55.